The molecule has 3 rings (SSSR count). The summed E-state index contributed by atoms with van der Waals surface area (Å²) in [6.45, 7) is 2.79. The second-order valence-corrected chi connectivity index (χ2v) is 6.84. The fourth-order valence-corrected chi connectivity index (χ4v) is 3.54. The Morgan fingerprint density at radius 3 is 2.64 bits per heavy atom. The number of likely N-dealkylation sites (tertiary alicyclic amines) is 1. The third kappa shape index (κ3) is 5.01. The summed E-state index contributed by atoms with van der Waals surface area (Å²) < 4.78 is 0. The number of thiazole rings is 1. The predicted octanol–water partition coefficient (Wildman–Crippen LogP) is 2.63. The van der Waals surface area contributed by atoms with E-state index in [4.69, 9.17) is 5.11 Å². The highest BCUT2D eigenvalue weighted by atomic mass is 32.1. The fraction of sp³-hybridized carbons (Fsp3) is 0.353. The fourth-order valence-electron chi connectivity index (χ4n) is 2.86. The molecule has 1 aromatic heterocycles. The Hall–Kier alpha value is -2.45. The first kappa shape index (κ1) is 17.4. The maximum absolute atomic E-state index is 12.2. The van der Waals surface area contributed by atoms with Crippen LogP contribution < -0.4 is 10.6 Å². The molecule has 3 N–H and O–H groups in total. The van der Waals surface area contributed by atoms with Gasteiger partial charge >= 0.3 is 6.09 Å². The number of piperidine rings is 1. The number of rotatable bonds is 5. The van der Waals surface area contributed by atoms with Gasteiger partial charge < -0.3 is 10.4 Å². The van der Waals surface area contributed by atoms with Crippen LogP contribution in [0.3, 0.4) is 0 Å². The molecule has 0 radical (unpaired) electrons. The first-order valence-electron chi connectivity index (χ1n) is 8.13. The van der Waals surface area contributed by atoms with Crippen molar-refractivity contribution in [3.8, 4) is 0 Å². The summed E-state index contributed by atoms with van der Waals surface area (Å²) in [7, 11) is 0. The van der Waals surface area contributed by atoms with Crippen LogP contribution in [-0.4, -0.2) is 46.1 Å². The highest BCUT2D eigenvalue weighted by Gasteiger charge is 2.22. The van der Waals surface area contributed by atoms with Crippen molar-refractivity contribution in [1.82, 2.24) is 15.2 Å². The molecule has 7 nitrogen and oxygen atoms in total. The summed E-state index contributed by atoms with van der Waals surface area (Å²) in [5.41, 5.74) is 1.55. The van der Waals surface area contributed by atoms with E-state index in [1.54, 1.807) is 5.38 Å². The number of benzene rings is 1. The summed E-state index contributed by atoms with van der Waals surface area (Å²) >= 11 is 1.10. The normalized spacial score (nSPS) is 15.7. The quantitative estimate of drug-likeness (QED) is 0.762. The molecular formula is C17H20N4O3S. The molecule has 2 aromatic rings. The second-order valence-electron chi connectivity index (χ2n) is 5.98. The zero-order chi connectivity index (χ0) is 17.6. The molecule has 132 valence electrons. The van der Waals surface area contributed by atoms with E-state index in [0.717, 1.165) is 43.8 Å². The van der Waals surface area contributed by atoms with Crippen LogP contribution in [0.4, 0.5) is 9.93 Å². The van der Waals surface area contributed by atoms with Crippen molar-refractivity contribution in [2.45, 2.75) is 25.4 Å². The summed E-state index contributed by atoms with van der Waals surface area (Å²) in [6.07, 6.45) is 0.596. The minimum Gasteiger partial charge on any atom is -0.465 e. The smallest absolute Gasteiger partial charge is 0.410 e. The number of carbonyl (C=O) groups is 2. The average molecular weight is 360 g/mol. The van der Waals surface area contributed by atoms with Gasteiger partial charge in [-0.1, -0.05) is 30.3 Å². The van der Waals surface area contributed by atoms with Crippen molar-refractivity contribution in [3.63, 3.8) is 0 Å². The number of anilines is 1. The Morgan fingerprint density at radius 2 is 1.96 bits per heavy atom. The Balaban J connectivity index is 1.46. The van der Waals surface area contributed by atoms with Gasteiger partial charge in [0, 0.05) is 31.1 Å². The topological polar surface area (TPSA) is 94.6 Å². The predicted molar refractivity (Wildman–Crippen MR) is 96.0 cm³/mol. The van der Waals surface area contributed by atoms with E-state index in [-0.39, 0.29) is 22.8 Å². The summed E-state index contributed by atoms with van der Waals surface area (Å²) in [4.78, 5) is 29.2. The van der Waals surface area contributed by atoms with Crippen molar-refractivity contribution in [1.29, 1.82) is 0 Å². The number of hydrogen-bond acceptors (Lipinski definition) is 5. The van der Waals surface area contributed by atoms with Crippen LogP contribution in [0.25, 0.3) is 0 Å². The van der Waals surface area contributed by atoms with Crippen molar-refractivity contribution < 1.29 is 14.7 Å². The highest BCUT2D eigenvalue weighted by molar-refractivity contribution is 7.14. The lowest BCUT2D eigenvalue weighted by Crippen LogP contribution is -2.44. The zero-order valence-electron chi connectivity index (χ0n) is 13.6. The number of hydrogen-bond donors (Lipinski definition) is 3. The van der Waals surface area contributed by atoms with Crippen LogP contribution in [-0.2, 0) is 6.54 Å². The molecule has 0 unspecified atom stereocenters. The Kier molecular flexibility index (Phi) is 5.62. The number of nitrogens with one attached hydrogen (secondary N) is 2. The van der Waals surface area contributed by atoms with Gasteiger partial charge in [-0.3, -0.25) is 15.0 Å². The molecule has 8 heteroatoms. The van der Waals surface area contributed by atoms with Crippen molar-refractivity contribution in [2.24, 2.45) is 0 Å². The van der Waals surface area contributed by atoms with Gasteiger partial charge in [-0.15, -0.1) is 11.3 Å². The van der Waals surface area contributed by atoms with Crippen LogP contribution in [0.15, 0.2) is 35.7 Å². The number of carboxylic acid groups (broad SMARTS) is 1. The number of aromatic nitrogens is 1. The second kappa shape index (κ2) is 8.09. The van der Waals surface area contributed by atoms with Crippen LogP contribution in [0.2, 0.25) is 0 Å². The van der Waals surface area contributed by atoms with E-state index >= 15 is 0 Å². The van der Waals surface area contributed by atoms with Gasteiger partial charge in [-0.2, -0.15) is 0 Å². The Labute approximate surface area is 149 Å². The molecule has 0 saturated carbocycles. The van der Waals surface area contributed by atoms with E-state index in [1.807, 2.05) is 18.2 Å². The van der Waals surface area contributed by atoms with Gasteiger partial charge in [0.1, 0.15) is 5.69 Å². The molecule has 2 amide bonds. The van der Waals surface area contributed by atoms with Gasteiger partial charge in [0.05, 0.1) is 0 Å². The van der Waals surface area contributed by atoms with Gasteiger partial charge in [-0.25, -0.2) is 9.78 Å². The average Bonchev–Trinajstić information content (AvgIpc) is 3.05. The van der Waals surface area contributed by atoms with E-state index in [2.05, 4.69) is 32.7 Å². The van der Waals surface area contributed by atoms with Gasteiger partial charge in [0.25, 0.3) is 5.91 Å². The molecule has 1 fully saturated rings. The summed E-state index contributed by atoms with van der Waals surface area (Å²) in [5, 5.41) is 15.6. The van der Waals surface area contributed by atoms with Gasteiger partial charge in [-0.05, 0) is 18.4 Å². The Morgan fingerprint density at radius 1 is 1.24 bits per heavy atom. The maximum Gasteiger partial charge on any atom is 0.410 e. The third-order valence-corrected chi connectivity index (χ3v) is 4.88. The highest BCUT2D eigenvalue weighted by Crippen LogP contribution is 2.17. The van der Waals surface area contributed by atoms with E-state index in [9.17, 15) is 9.59 Å². The molecule has 1 aliphatic heterocycles. The monoisotopic (exact) mass is 360 g/mol. The largest absolute Gasteiger partial charge is 0.465 e. The first-order valence-corrected chi connectivity index (χ1v) is 9.01. The third-order valence-electron chi connectivity index (χ3n) is 4.12. The molecule has 1 aliphatic rings. The number of amides is 2. The molecule has 1 saturated heterocycles. The molecule has 0 aliphatic carbocycles. The molecule has 25 heavy (non-hydrogen) atoms. The van der Waals surface area contributed by atoms with Crippen molar-refractivity contribution >= 4 is 28.5 Å². The van der Waals surface area contributed by atoms with E-state index < -0.39 is 6.09 Å². The van der Waals surface area contributed by atoms with Crippen molar-refractivity contribution in [2.75, 3.05) is 18.4 Å². The molecule has 0 bridgehead atoms. The van der Waals surface area contributed by atoms with E-state index in [1.165, 1.54) is 5.56 Å². The van der Waals surface area contributed by atoms with Crippen LogP contribution in [0, 0.1) is 0 Å². The molecule has 1 aromatic carbocycles. The molecule has 2 heterocycles. The lowest BCUT2D eigenvalue weighted by Gasteiger charge is -2.32. The lowest BCUT2D eigenvalue weighted by atomic mass is 10.0. The minimum absolute atomic E-state index is 0.122. The number of nitrogens with zero attached hydrogens (tertiary/aromatic N) is 2. The first-order chi connectivity index (χ1) is 12.1. The standard InChI is InChI=1S/C17H20N4O3S/c22-15(14-11-25-16(19-14)20-17(23)24)18-13-6-8-21(9-7-13)10-12-4-2-1-3-5-12/h1-5,11,13H,6-10H2,(H,18,22)(H,19,20)(H,23,24). The van der Waals surface area contributed by atoms with Crippen LogP contribution in [0.1, 0.15) is 28.9 Å². The van der Waals surface area contributed by atoms with Crippen molar-refractivity contribution in [3.05, 3.63) is 47.0 Å². The van der Waals surface area contributed by atoms with Crippen LogP contribution in [0.5, 0.6) is 0 Å². The van der Waals surface area contributed by atoms with Crippen LogP contribution >= 0.6 is 11.3 Å². The SMILES string of the molecule is O=C(O)Nc1nc(C(=O)NC2CCN(Cc3ccccc3)CC2)cs1. The minimum atomic E-state index is -1.19. The van der Waals surface area contributed by atoms with E-state index in [0.29, 0.717) is 0 Å². The molecular weight excluding hydrogens is 340 g/mol. The summed E-state index contributed by atoms with van der Waals surface area (Å²) in [6, 6.07) is 10.5. The van der Waals surface area contributed by atoms with Gasteiger partial charge in [0.15, 0.2) is 5.13 Å². The molecule has 0 atom stereocenters. The van der Waals surface area contributed by atoms with Gasteiger partial charge in [0.2, 0.25) is 0 Å². The molecule has 0 spiro atoms. The Bertz CT molecular complexity index is 727. The zero-order valence-corrected chi connectivity index (χ0v) is 14.5. The lowest BCUT2D eigenvalue weighted by molar-refractivity contribution is 0.0904. The summed E-state index contributed by atoms with van der Waals surface area (Å²) in [5.74, 6) is -0.254. The number of carbonyl (C=O) groups excluding carboxylic acids is 1. The maximum atomic E-state index is 12.2.